The van der Waals surface area contributed by atoms with Crippen molar-refractivity contribution in [1.29, 1.82) is 0 Å². The first-order valence-corrected chi connectivity index (χ1v) is 6.92. The minimum Gasteiger partial charge on any atom is -0.470 e. The Morgan fingerprint density at radius 3 is 2.76 bits per heavy atom. The SMILES string of the molecule is Clc1ccc(COc2nccnc2NC2=NCCN2)cc1. The van der Waals surface area contributed by atoms with Crippen molar-refractivity contribution in [3.8, 4) is 5.88 Å². The standard InChI is InChI=1S/C14H14ClN5O/c15-11-3-1-10(2-4-11)9-21-13-12(16-5-6-17-13)20-14-18-7-8-19-14/h1-6H,7-9H2,(H2,16,18,19,20). The Morgan fingerprint density at radius 1 is 1.19 bits per heavy atom. The smallest absolute Gasteiger partial charge is 0.258 e. The molecule has 0 fully saturated rings. The maximum absolute atomic E-state index is 5.86. The Balaban J connectivity index is 1.68. The van der Waals surface area contributed by atoms with Crippen molar-refractivity contribution in [2.24, 2.45) is 4.99 Å². The monoisotopic (exact) mass is 303 g/mol. The molecular formula is C14H14ClN5O. The van der Waals surface area contributed by atoms with E-state index in [2.05, 4.69) is 25.6 Å². The molecule has 0 radical (unpaired) electrons. The largest absolute Gasteiger partial charge is 0.470 e. The molecule has 21 heavy (non-hydrogen) atoms. The third-order valence-corrected chi connectivity index (χ3v) is 3.12. The van der Waals surface area contributed by atoms with Crippen LogP contribution in [0.2, 0.25) is 5.02 Å². The lowest BCUT2D eigenvalue weighted by Gasteiger charge is -2.11. The van der Waals surface area contributed by atoms with E-state index in [-0.39, 0.29) is 0 Å². The maximum atomic E-state index is 5.86. The van der Waals surface area contributed by atoms with Gasteiger partial charge in [-0.15, -0.1) is 0 Å². The summed E-state index contributed by atoms with van der Waals surface area (Å²) in [5.74, 6) is 1.66. The van der Waals surface area contributed by atoms with Gasteiger partial charge in [-0.1, -0.05) is 23.7 Å². The predicted molar refractivity (Wildman–Crippen MR) is 81.7 cm³/mol. The molecule has 0 spiro atoms. The number of anilines is 1. The Morgan fingerprint density at radius 2 is 2.00 bits per heavy atom. The van der Waals surface area contributed by atoms with Gasteiger partial charge in [0, 0.05) is 24.0 Å². The second-order valence-corrected chi connectivity index (χ2v) is 4.84. The van der Waals surface area contributed by atoms with E-state index < -0.39 is 0 Å². The first kappa shape index (κ1) is 13.6. The summed E-state index contributed by atoms with van der Waals surface area (Å²) in [5, 5.41) is 6.89. The predicted octanol–water partition coefficient (Wildman–Crippen LogP) is 2.08. The molecule has 0 bridgehead atoms. The first-order valence-electron chi connectivity index (χ1n) is 6.55. The van der Waals surface area contributed by atoms with Crippen LogP contribution < -0.4 is 15.4 Å². The van der Waals surface area contributed by atoms with Gasteiger partial charge in [-0.25, -0.2) is 9.97 Å². The second-order valence-electron chi connectivity index (χ2n) is 4.41. The quantitative estimate of drug-likeness (QED) is 0.905. The van der Waals surface area contributed by atoms with Gasteiger partial charge in [0.15, 0.2) is 11.8 Å². The zero-order valence-corrected chi connectivity index (χ0v) is 12.0. The van der Waals surface area contributed by atoms with Crippen molar-refractivity contribution >= 4 is 23.4 Å². The van der Waals surface area contributed by atoms with Crippen molar-refractivity contribution < 1.29 is 4.74 Å². The van der Waals surface area contributed by atoms with Gasteiger partial charge in [0.2, 0.25) is 0 Å². The molecule has 2 heterocycles. The van der Waals surface area contributed by atoms with Gasteiger partial charge in [-0.05, 0) is 17.7 Å². The van der Waals surface area contributed by atoms with Gasteiger partial charge in [-0.2, -0.15) is 0 Å². The number of hydrogen-bond acceptors (Lipinski definition) is 6. The lowest BCUT2D eigenvalue weighted by Crippen LogP contribution is -2.27. The van der Waals surface area contributed by atoms with Crippen LogP contribution in [0, 0.1) is 0 Å². The molecule has 7 heteroatoms. The van der Waals surface area contributed by atoms with E-state index >= 15 is 0 Å². The van der Waals surface area contributed by atoms with Crippen molar-refractivity contribution in [3.63, 3.8) is 0 Å². The summed E-state index contributed by atoms with van der Waals surface area (Å²) in [6.07, 6.45) is 3.19. The van der Waals surface area contributed by atoms with Crippen LogP contribution in [-0.4, -0.2) is 29.0 Å². The van der Waals surface area contributed by atoms with Crippen LogP contribution in [0.1, 0.15) is 5.56 Å². The highest BCUT2D eigenvalue weighted by Gasteiger charge is 2.11. The van der Waals surface area contributed by atoms with E-state index in [1.165, 1.54) is 0 Å². The fraction of sp³-hybridized carbons (Fsp3) is 0.214. The molecule has 0 saturated carbocycles. The molecule has 108 valence electrons. The minimum absolute atomic E-state index is 0.393. The Hall–Kier alpha value is -2.34. The Bertz CT molecular complexity index is 644. The van der Waals surface area contributed by atoms with E-state index in [9.17, 15) is 0 Å². The Labute approximate surface area is 127 Å². The van der Waals surface area contributed by atoms with Crippen LogP contribution in [0.4, 0.5) is 5.82 Å². The molecule has 3 rings (SSSR count). The summed E-state index contributed by atoms with van der Waals surface area (Å²) >= 11 is 5.86. The molecule has 0 unspecified atom stereocenters. The molecule has 0 amide bonds. The van der Waals surface area contributed by atoms with Gasteiger partial charge in [0.1, 0.15) is 6.61 Å². The van der Waals surface area contributed by atoms with E-state index in [1.54, 1.807) is 12.4 Å². The van der Waals surface area contributed by atoms with E-state index in [4.69, 9.17) is 16.3 Å². The highest BCUT2D eigenvalue weighted by atomic mass is 35.5. The third-order valence-electron chi connectivity index (χ3n) is 2.86. The molecule has 6 nitrogen and oxygen atoms in total. The zero-order valence-electron chi connectivity index (χ0n) is 11.2. The lowest BCUT2D eigenvalue weighted by molar-refractivity contribution is 0.294. The number of rotatable bonds is 4. The summed E-state index contributed by atoms with van der Waals surface area (Å²) in [6, 6.07) is 7.48. The molecule has 2 aromatic rings. The van der Waals surface area contributed by atoms with Crippen LogP contribution in [0.15, 0.2) is 41.7 Å². The summed E-state index contributed by atoms with van der Waals surface area (Å²) in [4.78, 5) is 12.7. The van der Waals surface area contributed by atoms with E-state index in [0.29, 0.717) is 29.3 Å². The number of nitrogens with one attached hydrogen (secondary N) is 2. The molecule has 0 atom stereocenters. The van der Waals surface area contributed by atoms with Crippen molar-refractivity contribution in [2.75, 3.05) is 18.4 Å². The average Bonchev–Trinajstić information content (AvgIpc) is 3.01. The molecule has 1 aliphatic heterocycles. The minimum atomic E-state index is 0.393. The second kappa shape index (κ2) is 6.41. The van der Waals surface area contributed by atoms with E-state index in [0.717, 1.165) is 18.7 Å². The first-order chi connectivity index (χ1) is 10.3. The van der Waals surface area contributed by atoms with Crippen molar-refractivity contribution in [1.82, 2.24) is 15.3 Å². The maximum Gasteiger partial charge on any atom is 0.258 e. The molecule has 2 N–H and O–H groups in total. The fourth-order valence-corrected chi connectivity index (χ4v) is 1.97. The summed E-state index contributed by atoms with van der Waals surface area (Å²) in [7, 11) is 0. The molecule has 0 saturated heterocycles. The van der Waals surface area contributed by atoms with Gasteiger partial charge < -0.3 is 15.4 Å². The lowest BCUT2D eigenvalue weighted by atomic mass is 10.2. The van der Waals surface area contributed by atoms with Gasteiger partial charge >= 0.3 is 0 Å². The summed E-state index contributed by atoms with van der Waals surface area (Å²) in [5.41, 5.74) is 1.01. The highest BCUT2D eigenvalue weighted by molar-refractivity contribution is 6.30. The molecular weight excluding hydrogens is 290 g/mol. The van der Waals surface area contributed by atoms with Crippen LogP contribution in [0.3, 0.4) is 0 Å². The number of hydrogen-bond donors (Lipinski definition) is 2. The normalized spacial score (nSPS) is 13.5. The highest BCUT2D eigenvalue weighted by Crippen LogP contribution is 2.19. The molecule has 1 aliphatic rings. The van der Waals surface area contributed by atoms with E-state index in [1.807, 2.05) is 24.3 Å². The number of nitrogens with zero attached hydrogens (tertiary/aromatic N) is 3. The molecule has 1 aromatic carbocycles. The summed E-state index contributed by atoms with van der Waals surface area (Å²) < 4.78 is 5.71. The fourth-order valence-electron chi connectivity index (χ4n) is 1.84. The van der Waals surface area contributed by atoms with Crippen molar-refractivity contribution in [3.05, 3.63) is 47.2 Å². The topological polar surface area (TPSA) is 71.4 Å². The number of aromatic nitrogens is 2. The Kier molecular flexibility index (Phi) is 4.16. The number of ether oxygens (including phenoxy) is 1. The number of guanidine groups is 1. The zero-order chi connectivity index (χ0) is 14.5. The van der Waals surface area contributed by atoms with Gasteiger partial charge in [0.05, 0.1) is 6.54 Å². The van der Waals surface area contributed by atoms with Crippen molar-refractivity contribution in [2.45, 2.75) is 6.61 Å². The third kappa shape index (κ3) is 3.61. The van der Waals surface area contributed by atoms with Crippen LogP contribution in [-0.2, 0) is 6.61 Å². The van der Waals surface area contributed by atoms with Crippen LogP contribution in [0.5, 0.6) is 5.88 Å². The number of benzene rings is 1. The van der Waals surface area contributed by atoms with Gasteiger partial charge in [-0.3, -0.25) is 4.99 Å². The van der Waals surface area contributed by atoms with Crippen LogP contribution in [0.25, 0.3) is 0 Å². The van der Waals surface area contributed by atoms with Gasteiger partial charge in [0.25, 0.3) is 5.88 Å². The molecule has 1 aromatic heterocycles. The average molecular weight is 304 g/mol. The molecule has 0 aliphatic carbocycles. The number of aliphatic imine (C=N–C) groups is 1. The van der Waals surface area contributed by atoms with Crippen LogP contribution >= 0.6 is 11.6 Å². The number of halogens is 1. The summed E-state index contributed by atoms with van der Waals surface area (Å²) in [6.45, 7) is 1.97.